The Morgan fingerprint density at radius 2 is 1.91 bits per heavy atom. The van der Waals surface area contributed by atoms with E-state index < -0.39 is 15.9 Å². The highest BCUT2D eigenvalue weighted by atomic mass is 32.2. The van der Waals surface area contributed by atoms with Crippen molar-refractivity contribution < 1.29 is 13.2 Å². The van der Waals surface area contributed by atoms with Gasteiger partial charge in [-0.1, -0.05) is 29.8 Å². The maximum Gasteiger partial charge on any atom is 0.264 e. The summed E-state index contributed by atoms with van der Waals surface area (Å²) in [5.41, 5.74) is 2.93. The fourth-order valence-corrected chi connectivity index (χ4v) is 3.17. The molecule has 5 nitrogen and oxygen atoms in total. The van der Waals surface area contributed by atoms with E-state index in [1.807, 2.05) is 42.8 Å². The van der Waals surface area contributed by atoms with Crippen LogP contribution >= 0.6 is 0 Å². The standard InChI is InChI=1S/C17H16N2O3S/c1-12-6-7-13(2)15(8-12)10-17(20)19-23(21,22)16-5-3-4-14(9-16)11-18/h3-9H,10H2,1-2H3,(H,19,20). The first-order valence-electron chi connectivity index (χ1n) is 6.94. The number of nitriles is 1. The van der Waals surface area contributed by atoms with Crippen molar-refractivity contribution in [2.24, 2.45) is 0 Å². The summed E-state index contributed by atoms with van der Waals surface area (Å²) in [4.78, 5) is 12.0. The second-order valence-corrected chi connectivity index (χ2v) is 6.96. The SMILES string of the molecule is Cc1ccc(C)c(CC(=O)NS(=O)(=O)c2cccc(C#N)c2)c1. The van der Waals surface area contributed by atoms with Crippen LogP contribution in [0.2, 0.25) is 0 Å². The second kappa shape index (κ2) is 6.63. The van der Waals surface area contributed by atoms with Crippen LogP contribution in [-0.4, -0.2) is 14.3 Å². The molecule has 23 heavy (non-hydrogen) atoms. The third-order valence-corrected chi connectivity index (χ3v) is 4.75. The molecule has 0 heterocycles. The summed E-state index contributed by atoms with van der Waals surface area (Å²) in [5.74, 6) is -0.610. The van der Waals surface area contributed by atoms with Crippen LogP contribution in [0.15, 0.2) is 47.4 Å². The lowest BCUT2D eigenvalue weighted by atomic mass is 10.0. The zero-order chi connectivity index (χ0) is 17.0. The number of hydrogen-bond donors (Lipinski definition) is 1. The van der Waals surface area contributed by atoms with Crippen LogP contribution in [0, 0.1) is 25.2 Å². The van der Waals surface area contributed by atoms with Gasteiger partial charge in [0.25, 0.3) is 10.0 Å². The molecule has 1 amide bonds. The van der Waals surface area contributed by atoms with Crippen LogP contribution in [0.4, 0.5) is 0 Å². The van der Waals surface area contributed by atoms with Gasteiger partial charge in [-0.2, -0.15) is 5.26 Å². The minimum atomic E-state index is -3.99. The molecule has 118 valence electrons. The number of amides is 1. The number of hydrogen-bond acceptors (Lipinski definition) is 4. The first-order chi connectivity index (χ1) is 10.8. The van der Waals surface area contributed by atoms with Gasteiger partial charge < -0.3 is 0 Å². The molecular weight excluding hydrogens is 312 g/mol. The van der Waals surface area contributed by atoms with Crippen LogP contribution in [-0.2, 0) is 21.2 Å². The average molecular weight is 328 g/mol. The highest BCUT2D eigenvalue weighted by Gasteiger charge is 2.18. The Balaban J connectivity index is 2.18. The maximum atomic E-state index is 12.2. The van der Waals surface area contributed by atoms with E-state index in [2.05, 4.69) is 0 Å². The van der Waals surface area contributed by atoms with E-state index in [9.17, 15) is 13.2 Å². The van der Waals surface area contributed by atoms with Gasteiger partial charge in [0, 0.05) is 0 Å². The Morgan fingerprint density at radius 1 is 1.17 bits per heavy atom. The van der Waals surface area contributed by atoms with Crippen molar-refractivity contribution in [3.05, 3.63) is 64.7 Å². The molecule has 0 aliphatic rings. The Hall–Kier alpha value is -2.65. The van der Waals surface area contributed by atoms with Crippen LogP contribution in [0.1, 0.15) is 22.3 Å². The first kappa shape index (κ1) is 16.7. The van der Waals surface area contributed by atoms with Crippen molar-refractivity contribution in [1.29, 1.82) is 5.26 Å². The third kappa shape index (κ3) is 4.18. The summed E-state index contributed by atoms with van der Waals surface area (Å²) in [6, 6.07) is 13.1. The quantitative estimate of drug-likeness (QED) is 0.932. The summed E-state index contributed by atoms with van der Waals surface area (Å²) in [6.07, 6.45) is -0.0231. The van der Waals surface area contributed by atoms with Crippen LogP contribution in [0.25, 0.3) is 0 Å². The second-order valence-electron chi connectivity index (χ2n) is 5.28. The van der Waals surface area contributed by atoms with Crippen LogP contribution in [0.5, 0.6) is 0 Å². The predicted octanol–water partition coefficient (Wildman–Crippen LogP) is 2.22. The Bertz CT molecular complexity index is 896. The number of aryl methyl sites for hydroxylation is 2. The molecule has 0 fully saturated rings. The number of nitrogens with zero attached hydrogens (tertiary/aromatic N) is 1. The molecule has 0 unspecified atom stereocenters. The molecule has 0 bridgehead atoms. The first-order valence-corrected chi connectivity index (χ1v) is 8.42. The molecule has 1 N–H and O–H groups in total. The molecule has 2 rings (SSSR count). The van der Waals surface area contributed by atoms with Crippen molar-refractivity contribution in [3.8, 4) is 6.07 Å². The average Bonchev–Trinajstić information content (AvgIpc) is 2.50. The van der Waals surface area contributed by atoms with Crippen molar-refractivity contribution in [3.63, 3.8) is 0 Å². The molecule has 2 aromatic rings. The number of benzene rings is 2. The van der Waals surface area contributed by atoms with Crippen molar-refractivity contribution in [1.82, 2.24) is 4.72 Å². The summed E-state index contributed by atoms with van der Waals surface area (Å²) in [6.45, 7) is 3.78. The smallest absolute Gasteiger partial charge is 0.264 e. The number of carbonyl (C=O) groups is 1. The Morgan fingerprint density at radius 3 is 2.61 bits per heavy atom. The molecule has 0 radical (unpaired) electrons. The molecule has 0 saturated heterocycles. The van der Waals surface area contributed by atoms with Gasteiger partial charge in [-0.05, 0) is 43.2 Å². The molecule has 2 aromatic carbocycles. The molecule has 0 aliphatic carbocycles. The fourth-order valence-electron chi connectivity index (χ4n) is 2.14. The molecule has 0 aliphatic heterocycles. The summed E-state index contributed by atoms with van der Waals surface area (Å²) in [5, 5.41) is 8.83. The summed E-state index contributed by atoms with van der Waals surface area (Å²) >= 11 is 0. The number of nitrogens with one attached hydrogen (secondary N) is 1. The zero-order valence-electron chi connectivity index (χ0n) is 12.8. The van der Waals surface area contributed by atoms with E-state index >= 15 is 0 Å². The van der Waals surface area contributed by atoms with Gasteiger partial charge >= 0.3 is 0 Å². The maximum absolute atomic E-state index is 12.2. The van der Waals surface area contributed by atoms with Gasteiger partial charge in [0.1, 0.15) is 0 Å². The van der Waals surface area contributed by atoms with E-state index in [1.165, 1.54) is 24.3 Å². The number of sulfonamides is 1. The normalized spacial score (nSPS) is 10.8. The van der Waals surface area contributed by atoms with E-state index in [4.69, 9.17) is 5.26 Å². The lowest BCUT2D eigenvalue weighted by Gasteiger charge is -2.09. The molecule has 6 heteroatoms. The predicted molar refractivity (Wildman–Crippen MR) is 86.1 cm³/mol. The lowest BCUT2D eigenvalue weighted by molar-refractivity contribution is -0.118. The van der Waals surface area contributed by atoms with Crippen molar-refractivity contribution in [2.45, 2.75) is 25.2 Å². The number of rotatable bonds is 4. The molecule has 0 aromatic heterocycles. The van der Waals surface area contributed by atoms with E-state index in [1.54, 1.807) is 0 Å². The fraction of sp³-hybridized carbons (Fsp3) is 0.176. The largest absolute Gasteiger partial charge is 0.274 e. The molecule has 0 saturated carbocycles. The summed E-state index contributed by atoms with van der Waals surface area (Å²) in [7, 11) is -3.99. The van der Waals surface area contributed by atoms with Crippen molar-refractivity contribution in [2.75, 3.05) is 0 Å². The van der Waals surface area contributed by atoms with Gasteiger partial charge in [0.2, 0.25) is 5.91 Å². The molecule has 0 spiro atoms. The Labute approximate surface area is 135 Å². The van der Waals surface area contributed by atoms with E-state index in [-0.39, 0.29) is 16.9 Å². The van der Waals surface area contributed by atoms with Gasteiger partial charge in [0.15, 0.2) is 0 Å². The van der Waals surface area contributed by atoms with E-state index in [0.29, 0.717) is 0 Å². The van der Waals surface area contributed by atoms with Crippen LogP contribution < -0.4 is 4.72 Å². The Kier molecular flexibility index (Phi) is 4.82. The molecular formula is C17H16N2O3S. The minimum Gasteiger partial charge on any atom is -0.274 e. The van der Waals surface area contributed by atoms with Crippen molar-refractivity contribution >= 4 is 15.9 Å². The monoisotopic (exact) mass is 328 g/mol. The minimum absolute atomic E-state index is 0.0231. The molecule has 0 atom stereocenters. The highest BCUT2D eigenvalue weighted by Crippen LogP contribution is 2.13. The van der Waals surface area contributed by atoms with E-state index in [0.717, 1.165) is 16.7 Å². The van der Waals surface area contributed by atoms with Gasteiger partial charge in [-0.25, -0.2) is 13.1 Å². The highest BCUT2D eigenvalue weighted by molar-refractivity contribution is 7.90. The zero-order valence-corrected chi connectivity index (χ0v) is 13.6. The summed E-state index contributed by atoms with van der Waals surface area (Å²) < 4.78 is 26.5. The number of carbonyl (C=O) groups excluding carboxylic acids is 1. The topological polar surface area (TPSA) is 87.0 Å². The lowest BCUT2D eigenvalue weighted by Crippen LogP contribution is -2.32. The van der Waals surface area contributed by atoms with Gasteiger partial charge in [-0.3, -0.25) is 4.79 Å². The third-order valence-electron chi connectivity index (χ3n) is 3.38. The van der Waals surface area contributed by atoms with Gasteiger partial charge in [0.05, 0.1) is 22.9 Å². The van der Waals surface area contributed by atoms with Gasteiger partial charge in [-0.15, -0.1) is 0 Å². The van der Waals surface area contributed by atoms with Crippen LogP contribution in [0.3, 0.4) is 0 Å².